The van der Waals surface area contributed by atoms with Gasteiger partial charge in [0.1, 0.15) is 11.8 Å². The first-order valence-corrected chi connectivity index (χ1v) is 10.9. The maximum absolute atomic E-state index is 13.2. The number of urea groups is 1. The Labute approximate surface area is 189 Å². The normalized spacial score (nSPS) is 15.9. The average Bonchev–Trinajstić information content (AvgIpc) is 3.20. The zero-order chi connectivity index (χ0) is 22.7. The molecule has 32 heavy (non-hydrogen) atoms. The summed E-state index contributed by atoms with van der Waals surface area (Å²) in [5.41, 5.74) is 8.44. The van der Waals surface area contributed by atoms with Gasteiger partial charge < -0.3 is 26.0 Å². The van der Waals surface area contributed by atoms with Gasteiger partial charge >= 0.3 is 13.1 Å². The molecule has 3 aromatic rings. The fourth-order valence-electron chi connectivity index (χ4n) is 3.68. The Morgan fingerprint density at radius 3 is 2.94 bits per heavy atom. The number of aromatic nitrogens is 2. The molecule has 1 aromatic carbocycles. The van der Waals surface area contributed by atoms with Crippen molar-refractivity contribution in [2.75, 3.05) is 11.1 Å². The lowest BCUT2D eigenvalue weighted by molar-refractivity contribution is -0.121. The minimum absolute atomic E-state index is 0.0101. The van der Waals surface area contributed by atoms with Crippen LogP contribution >= 0.6 is 11.3 Å². The van der Waals surface area contributed by atoms with E-state index in [4.69, 9.17) is 10.4 Å². The Morgan fingerprint density at radius 2 is 2.22 bits per heavy atom. The van der Waals surface area contributed by atoms with E-state index in [9.17, 15) is 14.6 Å². The third-order valence-electron chi connectivity index (χ3n) is 5.23. The van der Waals surface area contributed by atoms with Crippen LogP contribution in [0.5, 0.6) is 5.75 Å². The summed E-state index contributed by atoms with van der Waals surface area (Å²) >= 11 is 1.18. The first-order valence-electron chi connectivity index (χ1n) is 10.0. The second kappa shape index (κ2) is 9.37. The second-order valence-electron chi connectivity index (χ2n) is 7.59. The Morgan fingerprint density at radius 1 is 1.38 bits per heavy atom. The molecule has 5 N–H and O–H groups in total. The number of nitrogen functional groups attached to an aromatic ring is 1. The summed E-state index contributed by atoms with van der Waals surface area (Å²) < 4.78 is 5.69. The molecule has 1 aliphatic heterocycles. The van der Waals surface area contributed by atoms with E-state index in [1.54, 1.807) is 23.7 Å². The van der Waals surface area contributed by atoms with E-state index >= 15 is 0 Å². The van der Waals surface area contributed by atoms with E-state index in [0.29, 0.717) is 23.6 Å². The SMILES string of the molecule is Cc1cccc2c1OB(O)[C@@H](CC(=O)C(NC(=O)Nc1cccnc1)c1csc(N)n1)C2. The number of Topliss-reactive ketones (excluding diaryl/α,β-unsaturated/α-hetero) is 1. The summed E-state index contributed by atoms with van der Waals surface area (Å²) in [5, 5.41) is 17.7. The number of nitrogens with one attached hydrogen (secondary N) is 2. The third-order valence-corrected chi connectivity index (χ3v) is 5.93. The molecule has 9 nitrogen and oxygen atoms in total. The predicted molar refractivity (Wildman–Crippen MR) is 123 cm³/mol. The van der Waals surface area contributed by atoms with Crippen molar-refractivity contribution < 1.29 is 19.3 Å². The topological polar surface area (TPSA) is 139 Å². The highest BCUT2D eigenvalue weighted by atomic mass is 32.1. The average molecular weight is 451 g/mol. The molecular weight excluding hydrogens is 429 g/mol. The number of anilines is 2. The number of rotatable bonds is 6. The second-order valence-corrected chi connectivity index (χ2v) is 8.48. The number of hydrogen-bond acceptors (Lipinski definition) is 8. The van der Waals surface area contributed by atoms with Crippen LogP contribution in [-0.2, 0) is 11.2 Å². The fourth-order valence-corrected chi connectivity index (χ4v) is 4.27. The van der Waals surface area contributed by atoms with Gasteiger partial charge in [-0.25, -0.2) is 9.78 Å². The summed E-state index contributed by atoms with van der Waals surface area (Å²) in [7, 11) is -1.13. The molecule has 0 spiro atoms. The van der Waals surface area contributed by atoms with Crippen molar-refractivity contribution in [3.8, 4) is 5.75 Å². The maximum Gasteiger partial charge on any atom is 0.526 e. The van der Waals surface area contributed by atoms with Crippen molar-refractivity contribution in [1.82, 2.24) is 15.3 Å². The van der Waals surface area contributed by atoms with Gasteiger partial charge in [-0.05, 0) is 36.6 Å². The van der Waals surface area contributed by atoms with Gasteiger partial charge in [-0.2, -0.15) is 0 Å². The molecule has 3 heterocycles. The quantitative estimate of drug-likeness (QED) is 0.423. The molecule has 0 fully saturated rings. The van der Waals surface area contributed by atoms with Crippen LogP contribution < -0.4 is 21.0 Å². The first kappa shape index (κ1) is 21.8. The van der Waals surface area contributed by atoms with Gasteiger partial charge in [0.05, 0.1) is 17.6 Å². The van der Waals surface area contributed by atoms with Gasteiger partial charge in [-0.3, -0.25) is 9.78 Å². The third kappa shape index (κ3) is 4.89. The molecule has 0 bridgehead atoms. The van der Waals surface area contributed by atoms with Crippen LogP contribution in [0.4, 0.5) is 15.6 Å². The molecule has 1 aliphatic rings. The van der Waals surface area contributed by atoms with Crippen LogP contribution in [0.25, 0.3) is 0 Å². The molecule has 164 valence electrons. The lowest BCUT2D eigenvalue weighted by atomic mass is 9.64. The summed E-state index contributed by atoms with van der Waals surface area (Å²) in [6.07, 6.45) is 3.55. The Balaban J connectivity index is 1.50. The number of benzene rings is 1. The van der Waals surface area contributed by atoms with Crippen LogP contribution in [0.15, 0.2) is 48.1 Å². The number of carbonyl (C=O) groups is 2. The molecule has 0 saturated carbocycles. The van der Waals surface area contributed by atoms with Gasteiger partial charge in [0, 0.05) is 23.8 Å². The van der Waals surface area contributed by atoms with Crippen LogP contribution in [0.2, 0.25) is 5.82 Å². The molecule has 0 radical (unpaired) electrons. The number of amides is 2. The molecular formula is C21H22BN5O4S. The maximum atomic E-state index is 13.2. The summed E-state index contributed by atoms with van der Waals surface area (Å²) in [6, 6.07) is 7.51. The molecule has 2 atom stereocenters. The Hall–Kier alpha value is -3.44. The van der Waals surface area contributed by atoms with Crippen molar-refractivity contribution in [3.05, 3.63) is 64.9 Å². The van der Waals surface area contributed by atoms with Crippen molar-refractivity contribution in [3.63, 3.8) is 0 Å². The number of nitrogens with two attached hydrogens (primary N) is 1. The zero-order valence-corrected chi connectivity index (χ0v) is 18.1. The van der Waals surface area contributed by atoms with Crippen molar-refractivity contribution in [1.29, 1.82) is 0 Å². The monoisotopic (exact) mass is 451 g/mol. The molecule has 2 amide bonds. The highest BCUT2D eigenvalue weighted by Crippen LogP contribution is 2.36. The van der Waals surface area contributed by atoms with E-state index in [-0.39, 0.29) is 17.3 Å². The van der Waals surface area contributed by atoms with Gasteiger partial charge in [0.2, 0.25) is 0 Å². The van der Waals surface area contributed by atoms with Crippen LogP contribution in [0.1, 0.15) is 29.3 Å². The van der Waals surface area contributed by atoms with E-state index in [1.165, 1.54) is 17.5 Å². The number of aryl methyl sites for hydroxylation is 1. The lowest BCUT2D eigenvalue weighted by Crippen LogP contribution is -2.40. The molecule has 0 aliphatic carbocycles. The number of thiazole rings is 1. The van der Waals surface area contributed by atoms with E-state index in [0.717, 1.165) is 11.1 Å². The largest absolute Gasteiger partial charge is 0.536 e. The molecule has 0 saturated heterocycles. The van der Waals surface area contributed by atoms with Crippen LogP contribution in [-0.4, -0.2) is 33.9 Å². The highest BCUT2D eigenvalue weighted by Gasteiger charge is 2.38. The number of para-hydroxylation sites is 1. The summed E-state index contributed by atoms with van der Waals surface area (Å²) in [5.74, 6) is -0.111. The number of fused-ring (bicyclic) bond motifs is 1. The van der Waals surface area contributed by atoms with Crippen molar-refractivity contribution >= 4 is 41.1 Å². The van der Waals surface area contributed by atoms with Crippen molar-refractivity contribution in [2.24, 2.45) is 0 Å². The standard InChI is InChI=1S/C21H22BN5O4S/c1-12-4-2-5-13-8-14(22(30)31-19(12)13)9-17(28)18(16-11-32-20(23)26-16)27-21(29)25-15-6-3-7-24-10-15/h2-7,10-11,14,18,30H,8-9H2,1H3,(H2,23,26)(H2,25,27,29)/t14-,18?/m1/s1. The number of carbonyl (C=O) groups excluding carboxylic acids is 2. The smallest absolute Gasteiger partial charge is 0.526 e. The zero-order valence-electron chi connectivity index (χ0n) is 17.3. The number of hydrogen-bond donors (Lipinski definition) is 4. The van der Waals surface area contributed by atoms with Gasteiger partial charge in [-0.15, -0.1) is 11.3 Å². The minimum Gasteiger partial charge on any atom is -0.536 e. The van der Waals surface area contributed by atoms with Gasteiger partial charge in [0.15, 0.2) is 10.9 Å². The lowest BCUT2D eigenvalue weighted by Gasteiger charge is -2.29. The van der Waals surface area contributed by atoms with E-state index in [2.05, 4.69) is 20.6 Å². The molecule has 1 unspecified atom stereocenters. The number of nitrogens with zero attached hydrogens (tertiary/aromatic N) is 2. The van der Waals surface area contributed by atoms with Gasteiger partial charge in [-0.1, -0.05) is 18.2 Å². The van der Waals surface area contributed by atoms with Crippen LogP contribution in [0, 0.1) is 6.92 Å². The Bertz CT molecular complexity index is 1130. The first-order chi connectivity index (χ1) is 15.4. The number of ketones is 1. The molecule has 4 rings (SSSR count). The highest BCUT2D eigenvalue weighted by molar-refractivity contribution is 7.13. The fraction of sp³-hybridized carbons (Fsp3) is 0.238. The molecule has 11 heteroatoms. The van der Waals surface area contributed by atoms with E-state index in [1.807, 2.05) is 25.1 Å². The molecule has 2 aromatic heterocycles. The van der Waals surface area contributed by atoms with E-state index < -0.39 is 25.0 Å². The predicted octanol–water partition coefficient (Wildman–Crippen LogP) is 2.74. The Kier molecular flexibility index (Phi) is 6.38. The van der Waals surface area contributed by atoms with Gasteiger partial charge in [0.25, 0.3) is 0 Å². The number of pyridine rings is 1. The van der Waals surface area contributed by atoms with Crippen LogP contribution in [0.3, 0.4) is 0 Å². The summed E-state index contributed by atoms with van der Waals surface area (Å²) in [4.78, 5) is 33.9. The van der Waals surface area contributed by atoms with Crippen molar-refractivity contribution in [2.45, 2.75) is 31.6 Å². The minimum atomic E-state index is -1.13. The summed E-state index contributed by atoms with van der Waals surface area (Å²) in [6.45, 7) is 1.91.